The normalized spacial score (nSPS) is 24.7. The van der Waals surface area contributed by atoms with Gasteiger partial charge >= 0.3 is 0 Å². The number of hydrogen-bond acceptors (Lipinski definition) is 4. The third-order valence-corrected chi connectivity index (χ3v) is 5.47. The molecule has 2 aliphatic carbocycles. The number of nitrogens with zero attached hydrogens (tertiary/aromatic N) is 1. The predicted molar refractivity (Wildman–Crippen MR) is 95.1 cm³/mol. The van der Waals surface area contributed by atoms with Crippen molar-refractivity contribution in [3.63, 3.8) is 0 Å². The predicted octanol–water partition coefficient (Wildman–Crippen LogP) is 3.54. The van der Waals surface area contributed by atoms with Gasteiger partial charge < -0.3 is 15.6 Å². The van der Waals surface area contributed by atoms with E-state index in [1.807, 2.05) is 18.2 Å². The average Bonchev–Trinajstić information content (AvgIpc) is 3.38. The molecule has 0 bridgehead atoms. The fourth-order valence-corrected chi connectivity index (χ4v) is 3.78. The Morgan fingerprint density at radius 2 is 1.84 bits per heavy atom. The van der Waals surface area contributed by atoms with Crippen molar-refractivity contribution in [2.24, 2.45) is 11.7 Å². The van der Waals surface area contributed by atoms with Crippen LogP contribution in [0.4, 0.5) is 0 Å². The van der Waals surface area contributed by atoms with Gasteiger partial charge in [-0.2, -0.15) is 0 Å². The summed E-state index contributed by atoms with van der Waals surface area (Å²) in [5.74, 6) is 1.55. The van der Waals surface area contributed by atoms with Crippen molar-refractivity contribution >= 4 is 5.91 Å². The average molecular weight is 339 g/mol. The van der Waals surface area contributed by atoms with Crippen molar-refractivity contribution in [2.45, 2.75) is 56.5 Å². The number of carbonyl (C=O) groups excluding carboxylic acids is 1. The van der Waals surface area contributed by atoms with Gasteiger partial charge in [-0.25, -0.2) is 0 Å². The molecule has 1 aromatic heterocycles. The van der Waals surface area contributed by atoms with Crippen molar-refractivity contribution in [2.75, 3.05) is 0 Å². The van der Waals surface area contributed by atoms with Gasteiger partial charge in [-0.15, -0.1) is 0 Å². The molecule has 132 valence electrons. The molecule has 2 aromatic rings. The fourth-order valence-electron chi connectivity index (χ4n) is 3.78. The number of aromatic nitrogens is 1. The lowest BCUT2D eigenvalue weighted by Gasteiger charge is -2.33. The van der Waals surface area contributed by atoms with E-state index in [2.05, 4.69) is 22.6 Å². The molecule has 25 heavy (non-hydrogen) atoms. The van der Waals surface area contributed by atoms with E-state index >= 15 is 0 Å². The number of amides is 1. The van der Waals surface area contributed by atoms with Gasteiger partial charge in [0.15, 0.2) is 5.69 Å². The lowest BCUT2D eigenvalue weighted by molar-refractivity contribution is 0.0902. The first kappa shape index (κ1) is 16.3. The number of nitrogens with one attached hydrogen (secondary N) is 1. The second kappa shape index (κ2) is 7.00. The fraction of sp³-hybridized carbons (Fsp3) is 0.500. The minimum Gasteiger partial charge on any atom is -0.360 e. The Morgan fingerprint density at radius 1 is 1.12 bits per heavy atom. The summed E-state index contributed by atoms with van der Waals surface area (Å²) in [7, 11) is 0. The zero-order valence-electron chi connectivity index (χ0n) is 14.4. The molecule has 1 aromatic carbocycles. The Morgan fingerprint density at radius 3 is 2.52 bits per heavy atom. The van der Waals surface area contributed by atoms with Crippen LogP contribution in [0.1, 0.15) is 72.3 Å². The monoisotopic (exact) mass is 339 g/mol. The first-order valence-electron chi connectivity index (χ1n) is 9.28. The van der Waals surface area contributed by atoms with Crippen LogP contribution in [0.15, 0.2) is 40.9 Å². The smallest absolute Gasteiger partial charge is 0.273 e. The van der Waals surface area contributed by atoms with Crippen molar-refractivity contribution in [3.05, 3.63) is 53.4 Å². The molecule has 1 amide bonds. The van der Waals surface area contributed by atoms with E-state index in [0.717, 1.165) is 49.8 Å². The highest BCUT2D eigenvalue weighted by Crippen LogP contribution is 2.40. The van der Waals surface area contributed by atoms with Crippen LogP contribution in [0.25, 0.3) is 0 Å². The zero-order chi connectivity index (χ0) is 17.2. The topological polar surface area (TPSA) is 81.1 Å². The summed E-state index contributed by atoms with van der Waals surface area (Å²) >= 11 is 0. The van der Waals surface area contributed by atoms with Crippen molar-refractivity contribution in [1.82, 2.24) is 10.5 Å². The van der Waals surface area contributed by atoms with Crippen LogP contribution in [0.3, 0.4) is 0 Å². The number of hydrogen-bond donors (Lipinski definition) is 2. The molecule has 0 radical (unpaired) electrons. The molecule has 0 spiro atoms. The molecular formula is C20H25N3O2. The van der Waals surface area contributed by atoms with Gasteiger partial charge in [-0.05, 0) is 50.0 Å². The van der Waals surface area contributed by atoms with Crippen LogP contribution in [0.2, 0.25) is 0 Å². The van der Waals surface area contributed by atoms with E-state index in [9.17, 15) is 4.79 Å². The Labute approximate surface area is 148 Å². The first-order chi connectivity index (χ1) is 12.2. The molecule has 5 heteroatoms. The molecule has 0 saturated heterocycles. The molecule has 3 N–H and O–H groups in total. The summed E-state index contributed by atoms with van der Waals surface area (Å²) in [5, 5.41) is 7.18. The molecule has 1 unspecified atom stereocenters. The van der Waals surface area contributed by atoms with Crippen molar-refractivity contribution < 1.29 is 9.32 Å². The van der Waals surface area contributed by atoms with Crippen LogP contribution >= 0.6 is 0 Å². The standard InChI is InChI=1S/C20H25N3O2/c21-16-10-8-15(9-11-16)19(14-4-2-1-3-5-14)22-20(24)17-12-18(25-23-17)13-6-7-13/h1-5,12-13,15-16,19H,6-11,21H2,(H,22,24)/t15-,16+,19?. The molecular weight excluding hydrogens is 314 g/mol. The number of rotatable bonds is 5. The number of carbonyl (C=O) groups is 1. The first-order valence-corrected chi connectivity index (χ1v) is 9.28. The Balaban J connectivity index is 1.51. The molecule has 5 nitrogen and oxygen atoms in total. The molecule has 1 atom stereocenters. The quantitative estimate of drug-likeness (QED) is 0.873. The van der Waals surface area contributed by atoms with E-state index < -0.39 is 0 Å². The molecule has 0 aliphatic heterocycles. The second-order valence-corrected chi connectivity index (χ2v) is 7.43. The van der Waals surface area contributed by atoms with Gasteiger partial charge in [0, 0.05) is 18.0 Å². The maximum atomic E-state index is 12.7. The number of nitrogens with two attached hydrogens (primary N) is 1. The molecule has 2 aliphatic rings. The maximum Gasteiger partial charge on any atom is 0.273 e. The minimum absolute atomic E-state index is 0.0118. The van der Waals surface area contributed by atoms with Crippen LogP contribution in [0.5, 0.6) is 0 Å². The SMILES string of the molecule is N[C@H]1CC[C@@H](C(NC(=O)c2cc(C3CC3)on2)c2ccccc2)CC1. The van der Waals surface area contributed by atoms with Gasteiger partial charge in [0.1, 0.15) is 5.76 Å². The van der Waals surface area contributed by atoms with E-state index in [1.165, 1.54) is 0 Å². The van der Waals surface area contributed by atoms with Crippen LogP contribution in [-0.2, 0) is 0 Å². The highest BCUT2D eigenvalue weighted by atomic mass is 16.5. The van der Waals surface area contributed by atoms with Crippen molar-refractivity contribution in [1.29, 1.82) is 0 Å². The van der Waals surface area contributed by atoms with Crippen molar-refractivity contribution in [3.8, 4) is 0 Å². The minimum atomic E-state index is -0.153. The summed E-state index contributed by atoms with van der Waals surface area (Å²) in [5.41, 5.74) is 7.58. The Kier molecular flexibility index (Phi) is 4.57. The lowest BCUT2D eigenvalue weighted by Crippen LogP contribution is -2.37. The van der Waals surface area contributed by atoms with Crippen LogP contribution < -0.4 is 11.1 Å². The molecule has 2 fully saturated rings. The van der Waals surface area contributed by atoms with Crippen LogP contribution in [-0.4, -0.2) is 17.1 Å². The van der Waals surface area contributed by atoms with Gasteiger partial charge in [0.05, 0.1) is 6.04 Å². The maximum absolute atomic E-state index is 12.7. The second-order valence-electron chi connectivity index (χ2n) is 7.43. The highest BCUT2D eigenvalue weighted by Gasteiger charge is 2.31. The van der Waals surface area contributed by atoms with E-state index in [-0.39, 0.29) is 11.9 Å². The van der Waals surface area contributed by atoms with Gasteiger partial charge in [0.25, 0.3) is 5.91 Å². The Hall–Kier alpha value is -2.14. The van der Waals surface area contributed by atoms with E-state index in [0.29, 0.717) is 23.6 Å². The summed E-state index contributed by atoms with van der Waals surface area (Å²) in [6, 6.07) is 12.3. The summed E-state index contributed by atoms with van der Waals surface area (Å²) in [6.45, 7) is 0. The van der Waals surface area contributed by atoms with E-state index in [1.54, 1.807) is 6.07 Å². The third kappa shape index (κ3) is 3.76. The van der Waals surface area contributed by atoms with Crippen LogP contribution in [0, 0.1) is 5.92 Å². The largest absolute Gasteiger partial charge is 0.360 e. The van der Waals surface area contributed by atoms with Gasteiger partial charge in [0.2, 0.25) is 0 Å². The summed E-state index contributed by atoms with van der Waals surface area (Å²) < 4.78 is 5.33. The summed E-state index contributed by atoms with van der Waals surface area (Å²) in [6.07, 6.45) is 6.36. The zero-order valence-corrected chi connectivity index (χ0v) is 14.4. The molecule has 1 heterocycles. The van der Waals surface area contributed by atoms with Gasteiger partial charge in [-0.1, -0.05) is 35.5 Å². The molecule has 2 saturated carbocycles. The third-order valence-electron chi connectivity index (χ3n) is 5.47. The Bertz CT molecular complexity index is 716. The van der Waals surface area contributed by atoms with E-state index in [4.69, 9.17) is 10.3 Å². The molecule has 4 rings (SSSR count). The van der Waals surface area contributed by atoms with Gasteiger partial charge in [-0.3, -0.25) is 4.79 Å². The lowest BCUT2D eigenvalue weighted by atomic mass is 9.79. The number of benzene rings is 1. The highest BCUT2D eigenvalue weighted by molar-refractivity contribution is 5.92. The summed E-state index contributed by atoms with van der Waals surface area (Å²) in [4.78, 5) is 12.7.